The van der Waals surface area contributed by atoms with Crippen molar-refractivity contribution in [3.05, 3.63) is 30.3 Å². The van der Waals surface area contributed by atoms with Crippen LogP contribution in [0.15, 0.2) is 35.2 Å². The van der Waals surface area contributed by atoms with Crippen molar-refractivity contribution >= 4 is 11.8 Å². The van der Waals surface area contributed by atoms with Gasteiger partial charge in [-0.05, 0) is 25.0 Å². The summed E-state index contributed by atoms with van der Waals surface area (Å²) in [5.74, 6) is 1.12. The van der Waals surface area contributed by atoms with Crippen LogP contribution in [0.3, 0.4) is 0 Å². The van der Waals surface area contributed by atoms with Gasteiger partial charge >= 0.3 is 0 Å². The lowest BCUT2D eigenvalue weighted by atomic mass is 10.4. The van der Waals surface area contributed by atoms with Gasteiger partial charge in [-0.15, -0.1) is 11.8 Å². The molecule has 0 bridgehead atoms. The highest BCUT2D eigenvalue weighted by molar-refractivity contribution is 7.99. The van der Waals surface area contributed by atoms with Crippen LogP contribution in [-0.4, -0.2) is 29.8 Å². The molecule has 2 nitrogen and oxygen atoms in total. The van der Waals surface area contributed by atoms with E-state index in [0.29, 0.717) is 6.42 Å². The Balaban J connectivity index is 1.70. The zero-order valence-electron chi connectivity index (χ0n) is 10.0. The van der Waals surface area contributed by atoms with Crippen molar-refractivity contribution in [2.24, 2.45) is 0 Å². The van der Waals surface area contributed by atoms with Gasteiger partial charge in [-0.2, -0.15) is 5.26 Å². The summed E-state index contributed by atoms with van der Waals surface area (Å²) in [5.41, 5.74) is 0. The van der Waals surface area contributed by atoms with Gasteiger partial charge in [-0.1, -0.05) is 18.2 Å². The molecule has 0 radical (unpaired) electrons. The third-order valence-electron chi connectivity index (χ3n) is 2.96. The molecule has 90 valence electrons. The Hall–Kier alpha value is -0.980. The van der Waals surface area contributed by atoms with Crippen LogP contribution in [0.1, 0.15) is 19.3 Å². The Morgan fingerprint density at radius 1 is 1.24 bits per heavy atom. The summed E-state index contributed by atoms with van der Waals surface area (Å²) in [7, 11) is 0. The van der Waals surface area contributed by atoms with Gasteiger partial charge < -0.3 is 0 Å². The molecule has 0 unspecified atom stereocenters. The van der Waals surface area contributed by atoms with Crippen molar-refractivity contribution < 1.29 is 0 Å². The molecule has 1 aliphatic rings. The molecule has 1 aromatic rings. The second kappa shape index (κ2) is 6.68. The number of rotatable bonds is 7. The summed E-state index contributed by atoms with van der Waals surface area (Å²) in [6.07, 6.45) is 3.30. The summed E-state index contributed by atoms with van der Waals surface area (Å²) in [4.78, 5) is 3.81. The minimum atomic E-state index is 0.659. The van der Waals surface area contributed by atoms with Crippen molar-refractivity contribution in [1.82, 2.24) is 4.90 Å². The second-order valence-corrected chi connectivity index (χ2v) is 5.51. The van der Waals surface area contributed by atoms with Crippen LogP contribution in [0.5, 0.6) is 0 Å². The van der Waals surface area contributed by atoms with Gasteiger partial charge in [0.25, 0.3) is 0 Å². The van der Waals surface area contributed by atoms with Crippen molar-refractivity contribution in [1.29, 1.82) is 5.26 Å². The number of benzene rings is 1. The maximum Gasteiger partial charge on any atom is 0.0635 e. The molecule has 17 heavy (non-hydrogen) atoms. The molecule has 1 fully saturated rings. The summed E-state index contributed by atoms with van der Waals surface area (Å²) >= 11 is 1.90. The Labute approximate surface area is 108 Å². The van der Waals surface area contributed by atoms with Crippen LogP contribution in [0.2, 0.25) is 0 Å². The molecular weight excluding hydrogens is 228 g/mol. The van der Waals surface area contributed by atoms with E-state index in [-0.39, 0.29) is 0 Å². The first-order valence-electron chi connectivity index (χ1n) is 6.19. The summed E-state index contributed by atoms with van der Waals surface area (Å²) in [6, 6.07) is 13.5. The third-order valence-corrected chi connectivity index (χ3v) is 3.96. The number of thioether (sulfide) groups is 1. The summed E-state index contributed by atoms with van der Waals surface area (Å²) in [5, 5.41) is 8.64. The minimum absolute atomic E-state index is 0.659. The van der Waals surface area contributed by atoms with E-state index >= 15 is 0 Å². The average molecular weight is 246 g/mol. The van der Waals surface area contributed by atoms with E-state index in [2.05, 4.69) is 35.2 Å². The minimum Gasteiger partial charge on any atom is -0.299 e. The molecule has 1 saturated carbocycles. The van der Waals surface area contributed by atoms with E-state index in [4.69, 9.17) is 5.26 Å². The number of nitriles is 1. The topological polar surface area (TPSA) is 27.0 Å². The summed E-state index contributed by atoms with van der Waals surface area (Å²) < 4.78 is 0. The highest BCUT2D eigenvalue weighted by Gasteiger charge is 2.27. The van der Waals surface area contributed by atoms with E-state index in [1.54, 1.807) is 0 Å². The Kier molecular flexibility index (Phi) is 4.90. The standard InChI is InChI=1S/C14H18N2S/c15-9-4-10-16(13-7-8-13)11-12-17-14-5-2-1-3-6-14/h1-3,5-6,13H,4,7-8,10-12H2. The number of hydrogen-bond donors (Lipinski definition) is 0. The molecule has 3 heteroatoms. The van der Waals surface area contributed by atoms with Gasteiger partial charge in [0.05, 0.1) is 6.07 Å². The van der Waals surface area contributed by atoms with Crippen LogP contribution >= 0.6 is 11.8 Å². The van der Waals surface area contributed by atoms with Crippen LogP contribution in [0.25, 0.3) is 0 Å². The van der Waals surface area contributed by atoms with Crippen molar-refractivity contribution in [2.45, 2.75) is 30.2 Å². The lowest BCUT2D eigenvalue weighted by molar-refractivity contribution is 0.287. The molecule has 0 atom stereocenters. The monoisotopic (exact) mass is 246 g/mol. The van der Waals surface area contributed by atoms with E-state index in [1.807, 2.05) is 17.8 Å². The molecule has 0 amide bonds. The van der Waals surface area contributed by atoms with Gasteiger partial charge in [0.1, 0.15) is 0 Å². The first-order valence-corrected chi connectivity index (χ1v) is 7.17. The van der Waals surface area contributed by atoms with E-state index in [0.717, 1.165) is 24.9 Å². The Bertz CT molecular complexity index is 368. The first-order chi connectivity index (χ1) is 8.40. The van der Waals surface area contributed by atoms with Crippen LogP contribution in [0.4, 0.5) is 0 Å². The number of nitrogens with zero attached hydrogens (tertiary/aromatic N) is 2. The Morgan fingerprint density at radius 2 is 2.00 bits per heavy atom. The second-order valence-electron chi connectivity index (χ2n) is 4.34. The van der Waals surface area contributed by atoms with Crippen LogP contribution in [-0.2, 0) is 0 Å². The van der Waals surface area contributed by atoms with E-state index in [9.17, 15) is 0 Å². The lowest BCUT2D eigenvalue weighted by Gasteiger charge is -2.20. The van der Waals surface area contributed by atoms with Crippen LogP contribution in [0, 0.1) is 11.3 Å². The van der Waals surface area contributed by atoms with E-state index in [1.165, 1.54) is 17.7 Å². The Morgan fingerprint density at radius 3 is 2.65 bits per heavy atom. The maximum absolute atomic E-state index is 8.64. The van der Waals surface area contributed by atoms with Gasteiger partial charge in [-0.3, -0.25) is 4.90 Å². The summed E-state index contributed by atoms with van der Waals surface area (Å²) in [6.45, 7) is 2.04. The molecule has 2 rings (SSSR count). The molecule has 1 aliphatic carbocycles. The molecule has 0 aromatic heterocycles. The molecule has 1 aromatic carbocycles. The fourth-order valence-corrected chi connectivity index (χ4v) is 2.82. The normalized spacial score (nSPS) is 14.8. The van der Waals surface area contributed by atoms with Gasteiger partial charge in [0, 0.05) is 36.2 Å². The smallest absolute Gasteiger partial charge is 0.0635 e. The lowest BCUT2D eigenvalue weighted by Crippen LogP contribution is -2.29. The zero-order chi connectivity index (χ0) is 11.9. The van der Waals surface area contributed by atoms with Gasteiger partial charge in [0.15, 0.2) is 0 Å². The molecule has 0 saturated heterocycles. The fraction of sp³-hybridized carbons (Fsp3) is 0.500. The molecule has 0 aliphatic heterocycles. The molecular formula is C14H18N2S. The highest BCUT2D eigenvalue weighted by Crippen LogP contribution is 2.27. The van der Waals surface area contributed by atoms with Crippen molar-refractivity contribution in [3.8, 4) is 6.07 Å². The average Bonchev–Trinajstić information content (AvgIpc) is 3.19. The zero-order valence-corrected chi connectivity index (χ0v) is 10.8. The molecule has 0 spiro atoms. The quantitative estimate of drug-likeness (QED) is 0.692. The van der Waals surface area contributed by atoms with Crippen molar-refractivity contribution in [3.63, 3.8) is 0 Å². The highest BCUT2D eigenvalue weighted by atomic mass is 32.2. The maximum atomic E-state index is 8.64. The SMILES string of the molecule is N#CCCN(CCSc1ccccc1)C1CC1. The largest absolute Gasteiger partial charge is 0.299 e. The fourth-order valence-electron chi connectivity index (χ4n) is 1.91. The van der Waals surface area contributed by atoms with Gasteiger partial charge in [0.2, 0.25) is 0 Å². The molecule has 0 heterocycles. The molecule has 0 N–H and O–H groups in total. The van der Waals surface area contributed by atoms with Gasteiger partial charge in [-0.25, -0.2) is 0 Å². The first kappa shape index (κ1) is 12.5. The predicted molar refractivity (Wildman–Crippen MR) is 72.0 cm³/mol. The van der Waals surface area contributed by atoms with E-state index < -0.39 is 0 Å². The van der Waals surface area contributed by atoms with Crippen LogP contribution < -0.4 is 0 Å². The third kappa shape index (κ3) is 4.41. The number of hydrogen-bond acceptors (Lipinski definition) is 3. The van der Waals surface area contributed by atoms with Crippen molar-refractivity contribution in [2.75, 3.05) is 18.8 Å². The predicted octanol–water partition coefficient (Wildman–Crippen LogP) is 3.16.